The van der Waals surface area contributed by atoms with Crippen LogP contribution in [0.25, 0.3) is 0 Å². The molecule has 6 heteroatoms. The molecule has 0 atom stereocenters. The van der Waals surface area contributed by atoms with Crippen molar-refractivity contribution in [2.24, 2.45) is 0 Å². The zero-order valence-corrected chi connectivity index (χ0v) is 17.0. The average Bonchev–Trinajstić information content (AvgIpc) is 2.54. The van der Waals surface area contributed by atoms with Gasteiger partial charge in [0, 0.05) is 23.7 Å². The summed E-state index contributed by atoms with van der Waals surface area (Å²) in [7, 11) is 1.57. The molecule has 138 valence electrons. The van der Waals surface area contributed by atoms with Gasteiger partial charge < -0.3 is 15.4 Å². The lowest BCUT2D eigenvalue weighted by atomic mass is 9.99. The Morgan fingerprint density at radius 2 is 1.69 bits per heavy atom. The molecule has 2 amide bonds. The molecule has 0 aliphatic heterocycles. The minimum Gasteiger partial charge on any atom is -0.383 e. The molecule has 2 rings (SSSR count). The van der Waals surface area contributed by atoms with E-state index in [9.17, 15) is 9.59 Å². The summed E-state index contributed by atoms with van der Waals surface area (Å²) in [6.07, 6.45) is 0. The molecule has 0 aromatic heterocycles. The highest BCUT2D eigenvalue weighted by Gasteiger charge is 2.17. The SMILES string of the molecule is COCCNC(=O)c1ccc(Br)cc1NC(=O)c1c(C)cc(C)cc1C. The molecule has 0 radical (unpaired) electrons. The third kappa shape index (κ3) is 4.93. The number of anilines is 1. The zero-order valence-electron chi connectivity index (χ0n) is 15.4. The number of nitrogens with one attached hydrogen (secondary N) is 2. The lowest BCUT2D eigenvalue weighted by Crippen LogP contribution is -2.28. The van der Waals surface area contributed by atoms with Crippen molar-refractivity contribution in [1.82, 2.24) is 5.32 Å². The Balaban J connectivity index is 2.30. The van der Waals surface area contributed by atoms with Crippen molar-refractivity contribution < 1.29 is 14.3 Å². The predicted octanol–water partition coefficient (Wildman–Crippen LogP) is 4.00. The van der Waals surface area contributed by atoms with E-state index in [0.717, 1.165) is 21.2 Å². The Morgan fingerprint density at radius 1 is 1.04 bits per heavy atom. The van der Waals surface area contributed by atoms with Gasteiger partial charge in [-0.05, 0) is 50.1 Å². The topological polar surface area (TPSA) is 67.4 Å². The minimum atomic E-state index is -0.262. The van der Waals surface area contributed by atoms with Crippen LogP contribution in [-0.4, -0.2) is 32.1 Å². The molecule has 0 saturated carbocycles. The first-order valence-electron chi connectivity index (χ1n) is 8.29. The van der Waals surface area contributed by atoms with E-state index >= 15 is 0 Å². The number of carbonyl (C=O) groups is 2. The van der Waals surface area contributed by atoms with Crippen molar-refractivity contribution in [1.29, 1.82) is 0 Å². The van der Waals surface area contributed by atoms with Gasteiger partial charge in [0.2, 0.25) is 0 Å². The van der Waals surface area contributed by atoms with Crippen LogP contribution in [0.15, 0.2) is 34.8 Å². The number of hydrogen-bond donors (Lipinski definition) is 2. The van der Waals surface area contributed by atoms with Crippen LogP contribution in [0.4, 0.5) is 5.69 Å². The molecule has 0 spiro atoms. The molecule has 0 fully saturated rings. The van der Waals surface area contributed by atoms with E-state index in [1.807, 2.05) is 32.9 Å². The molecule has 0 aliphatic carbocycles. The third-order valence-corrected chi connectivity index (χ3v) is 4.46. The van der Waals surface area contributed by atoms with Crippen LogP contribution >= 0.6 is 15.9 Å². The molecule has 2 N–H and O–H groups in total. The molecule has 5 nitrogen and oxygen atoms in total. The molecular weight excluding hydrogens is 396 g/mol. The summed E-state index contributed by atoms with van der Waals surface area (Å²) >= 11 is 3.39. The molecule has 2 aromatic rings. The highest BCUT2D eigenvalue weighted by Crippen LogP contribution is 2.24. The number of benzene rings is 2. The van der Waals surface area contributed by atoms with Gasteiger partial charge in [0.05, 0.1) is 17.9 Å². The summed E-state index contributed by atoms with van der Waals surface area (Å²) in [6, 6.07) is 9.12. The van der Waals surface area contributed by atoms with E-state index in [2.05, 4.69) is 26.6 Å². The Bertz CT molecular complexity index is 811. The van der Waals surface area contributed by atoms with Crippen LogP contribution in [0.2, 0.25) is 0 Å². The monoisotopic (exact) mass is 418 g/mol. The van der Waals surface area contributed by atoms with Crippen LogP contribution in [-0.2, 0) is 4.74 Å². The largest absolute Gasteiger partial charge is 0.383 e. The van der Waals surface area contributed by atoms with Crippen molar-refractivity contribution in [3.8, 4) is 0 Å². The number of carbonyl (C=O) groups excluding carboxylic acids is 2. The number of methoxy groups -OCH3 is 1. The average molecular weight is 419 g/mol. The van der Waals surface area contributed by atoms with Gasteiger partial charge in [-0.15, -0.1) is 0 Å². The Morgan fingerprint density at radius 3 is 2.31 bits per heavy atom. The maximum absolute atomic E-state index is 12.8. The quantitative estimate of drug-likeness (QED) is 0.696. The molecule has 2 aromatic carbocycles. The Kier molecular flexibility index (Phi) is 6.94. The summed E-state index contributed by atoms with van der Waals surface area (Å²) < 4.78 is 5.72. The van der Waals surface area contributed by atoms with Crippen LogP contribution in [0.3, 0.4) is 0 Å². The summed E-state index contributed by atoms with van der Waals surface area (Å²) in [5, 5.41) is 5.65. The molecule has 0 heterocycles. The van der Waals surface area contributed by atoms with Gasteiger partial charge in [0.25, 0.3) is 11.8 Å². The summed E-state index contributed by atoms with van der Waals surface area (Å²) in [6.45, 7) is 6.64. The molecule has 0 bridgehead atoms. The predicted molar refractivity (Wildman–Crippen MR) is 107 cm³/mol. The fourth-order valence-electron chi connectivity index (χ4n) is 2.90. The maximum Gasteiger partial charge on any atom is 0.256 e. The van der Waals surface area contributed by atoms with Gasteiger partial charge in [-0.1, -0.05) is 33.6 Å². The molecular formula is C20H23BrN2O3. The van der Waals surface area contributed by atoms with E-state index in [4.69, 9.17) is 4.74 Å². The maximum atomic E-state index is 12.8. The van der Waals surface area contributed by atoms with Gasteiger partial charge in [-0.2, -0.15) is 0 Å². The van der Waals surface area contributed by atoms with Crippen LogP contribution in [0.5, 0.6) is 0 Å². The number of halogens is 1. The van der Waals surface area contributed by atoms with Gasteiger partial charge in [0.15, 0.2) is 0 Å². The summed E-state index contributed by atoms with van der Waals surface area (Å²) in [4.78, 5) is 25.3. The Labute approximate surface area is 162 Å². The second-order valence-corrected chi connectivity index (χ2v) is 7.08. The normalized spacial score (nSPS) is 10.5. The lowest BCUT2D eigenvalue weighted by molar-refractivity contribution is 0.0938. The van der Waals surface area contributed by atoms with Crippen LogP contribution in [0, 0.1) is 20.8 Å². The number of aryl methyl sites for hydroxylation is 3. The van der Waals surface area contributed by atoms with Crippen molar-refractivity contribution >= 4 is 33.4 Å². The van der Waals surface area contributed by atoms with E-state index in [1.165, 1.54) is 0 Å². The highest BCUT2D eigenvalue weighted by atomic mass is 79.9. The van der Waals surface area contributed by atoms with Gasteiger partial charge in [-0.3, -0.25) is 9.59 Å². The number of ether oxygens (including phenoxy) is 1. The highest BCUT2D eigenvalue weighted by molar-refractivity contribution is 9.10. The number of amides is 2. The fraction of sp³-hybridized carbons (Fsp3) is 0.300. The second kappa shape index (κ2) is 8.96. The minimum absolute atomic E-state index is 0.232. The first-order valence-corrected chi connectivity index (χ1v) is 9.08. The number of rotatable bonds is 6. The van der Waals surface area contributed by atoms with Crippen LogP contribution in [0.1, 0.15) is 37.4 Å². The van der Waals surface area contributed by atoms with Crippen molar-refractivity contribution in [3.05, 3.63) is 62.6 Å². The van der Waals surface area contributed by atoms with Gasteiger partial charge in [0.1, 0.15) is 0 Å². The Hall–Kier alpha value is -2.18. The lowest BCUT2D eigenvalue weighted by Gasteiger charge is -2.15. The first kappa shape index (κ1) is 20.1. The number of hydrogen-bond acceptors (Lipinski definition) is 3. The molecule has 0 saturated heterocycles. The summed E-state index contributed by atoms with van der Waals surface area (Å²) in [5.74, 6) is -0.494. The molecule has 26 heavy (non-hydrogen) atoms. The van der Waals surface area contributed by atoms with Crippen molar-refractivity contribution in [3.63, 3.8) is 0 Å². The van der Waals surface area contributed by atoms with E-state index in [1.54, 1.807) is 25.3 Å². The van der Waals surface area contributed by atoms with Gasteiger partial charge in [-0.25, -0.2) is 0 Å². The smallest absolute Gasteiger partial charge is 0.256 e. The van der Waals surface area contributed by atoms with Gasteiger partial charge >= 0.3 is 0 Å². The second-order valence-electron chi connectivity index (χ2n) is 6.17. The standard InChI is InChI=1S/C20H23BrN2O3/c1-12-9-13(2)18(14(3)10-12)20(25)23-17-11-15(21)5-6-16(17)19(24)22-7-8-26-4/h5-6,9-11H,7-8H2,1-4H3,(H,22,24)(H,23,25). The van der Waals surface area contributed by atoms with E-state index in [0.29, 0.717) is 30.0 Å². The van der Waals surface area contributed by atoms with E-state index < -0.39 is 0 Å². The third-order valence-electron chi connectivity index (χ3n) is 3.97. The van der Waals surface area contributed by atoms with Crippen LogP contribution < -0.4 is 10.6 Å². The molecule has 0 aliphatic rings. The zero-order chi connectivity index (χ0) is 19.3. The van der Waals surface area contributed by atoms with Crippen molar-refractivity contribution in [2.75, 3.05) is 25.6 Å². The fourth-order valence-corrected chi connectivity index (χ4v) is 3.26. The van der Waals surface area contributed by atoms with E-state index in [-0.39, 0.29) is 11.8 Å². The summed E-state index contributed by atoms with van der Waals surface area (Å²) in [5.41, 5.74) is 4.40. The first-order chi connectivity index (χ1) is 12.3. The molecule has 0 unspecified atom stereocenters. The van der Waals surface area contributed by atoms with Crippen molar-refractivity contribution in [2.45, 2.75) is 20.8 Å².